The third-order valence-corrected chi connectivity index (χ3v) is 5.93. The SMILES string of the molecule is C[C@@H](Nc1nccc(-c2cccc(-c3cc([C@]4(O)CCN(C)C4=O)on3)n2)n1)c1cnn(C)c1. The van der Waals surface area contributed by atoms with Crippen molar-refractivity contribution in [1.29, 1.82) is 0 Å². The van der Waals surface area contributed by atoms with Crippen LogP contribution in [0.2, 0.25) is 0 Å². The van der Waals surface area contributed by atoms with E-state index in [9.17, 15) is 9.90 Å². The zero-order chi connectivity index (χ0) is 23.9. The number of aryl methyl sites for hydroxylation is 1. The first kappa shape index (κ1) is 21.7. The van der Waals surface area contributed by atoms with E-state index in [1.165, 1.54) is 4.90 Å². The fourth-order valence-corrected chi connectivity index (χ4v) is 3.90. The van der Waals surface area contributed by atoms with Gasteiger partial charge in [0.1, 0.15) is 5.69 Å². The molecule has 0 spiro atoms. The number of anilines is 1. The van der Waals surface area contributed by atoms with E-state index in [2.05, 4.69) is 30.5 Å². The number of aliphatic hydroxyl groups is 1. The Morgan fingerprint density at radius 1 is 1.15 bits per heavy atom. The van der Waals surface area contributed by atoms with Crippen LogP contribution < -0.4 is 5.32 Å². The van der Waals surface area contributed by atoms with E-state index in [4.69, 9.17) is 4.52 Å². The third-order valence-electron chi connectivity index (χ3n) is 5.93. The molecule has 11 heteroatoms. The Bertz CT molecular complexity index is 1350. The molecule has 34 heavy (non-hydrogen) atoms. The van der Waals surface area contributed by atoms with Crippen LogP contribution >= 0.6 is 0 Å². The molecule has 0 bridgehead atoms. The summed E-state index contributed by atoms with van der Waals surface area (Å²) in [5, 5.41) is 22.3. The van der Waals surface area contributed by atoms with Crippen LogP contribution in [0.1, 0.15) is 30.7 Å². The first-order valence-corrected chi connectivity index (χ1v) is 10.8. The van der Waals surface area contributed by atoms with E-state index in [1.807, 2.05) is 32.3 Å². The molecule has 1 aliphatic heterocycles. The predicted molar refractivity (Wildman–Crippen MR) is 122 cm³/mol. The van der Waals surface area contributed by atoms with Gasteiger partial charge < -0.3 is 19.8 Å². The van der Waals surface area contributed by atoms with Gasteiger partial charge in [-0.1, -0.05) is 11.2 Å². The van der Waals surface area contributed by atoms with Gasteiger partial charge in [-0.15, -0.1) is 0 Å². The van der Waals surface area contributed by atoms with Gasteiger partial charge in [0.2, 0.25) is 11.5 Å². The molecule has 2 N–H and O–H groups in total. The maximum absolute atomic E-state index is 12.4. The van der Waals surface area contributed by atoms with Crippen LogP contribution in [-0.4, -0.2) is 59.4 Å². The highest BCUT2D eigenvalue weighted by molar-refractivity contribution is 5.87. The Labute approximate surface area is 195 Å². The Morgan fingerprint density at radius 3 is 2.62 bits per heavy atom. The summed E-state index contributed by atoms with van der Waals surface area (Å²) in [5.74, 6) is 0.177. The first-order chi connectivity index (χ1) is 16.3. The number of pyridine rings is 1. The molecular weight excluding hydrogens is 436 g/mol. The highest BCUT2D eigenvalue weighted by atomic mass is 16.5. The van der Waals surface area contributed by atoms with E-state index in [1.54, 1.807) is 42.3 Å². The number of nitrogens with zero attached hydrogens (tertiary/aromatic N) is 7. The van der Waals surface area contributed by atoms with Gasteiger partial charge >= 0.3 is 0 Å². The van der Waals surface area contributed by atoms with Crippen molar-refractivity contribution in [3.05, 3.63) is 60.2 Å². The number of nitrogens with one attached hydrogen (secondary N) is 1. The maximum Gasteiger partial charge on any atom is 0.262 e. The van der Waals surface area contributed by atoms with Crippen molar-refractivity contribution in [2.75, 3.05) is 18.9 Å². The van der Waals surface area contributed by atoms with Crippen molar-refractivity contribution in [2.45, 2.75) is 25.0 Å². The minimum absolute atomic E-state index is 0.0278. The van der Waals surface area contributed by atoms with Crippen molar-refractivity contribution in [3.63, 3.8) is 0 Å². The van der Waals surface area contributed by atoms with Gasteiger partial charge in [0, 0.05) is 51.1 Å². The second kappa shape index (κ2) is 8.34. The summed E-state index contributed by atoms with van der Waals surface area (Å²) in [6, 6.07) is 8.76. The number of amides is 1. The van der Waals surface area contributed by atoms with E-state index >= 15 is 0 Å². The number of aromatic nitrogens is 6. The van der Waals surface area contributed by atoms with Gasteiger partial charge in [-0.2, -0.15) is 5.10 Å². The first-order valence-electron chi connectivity index (χ1n) is 10.8. The third kappa shape index (κ3) is 3.90. The van der Waals surface area contributed by atoms with Crippen LogP contribution in [0.25, 0.3) is 22.8 Å². The smallest absolute Gasteiger partial charge is 0.262 e. The summed E-state index contributed by atoms with van der Waals surface area (Å²) in [6.45, 7) is 2.46. The number of hydrogen-bond donors (Lipinski definition) is 2. The molecule has 1 aliphatic rings. The molecule has 5 rings (SSSR count). The molecule has 1 amide bonds. The molecule has 1 fully saturated rings. The largest absolute Gasteiger partial charge is 0.373 e. The van der Waals surface area contributed by atoms with E-state index in [0.29, 0.717) is 35.3 Å². The van der Waals surface area contributed by atoms with Gasteiger partial charge in [-0.3, -0.25) is 9.48 Å². The Morgan fingerprint density at radius 2 is 1.91 bits per heavy atom. The summed E-state index contributed by atoms with van der Waals surface area (Å²) in [5.41, 5.74) is 1.53. The molecule has 2 atom stereocenters. The molecule has 0 unspecified atom stereocenters. The van der Waals surface area contributed by atoms with Gasteiger partial charge in [-0.25, -0.2) is 15.0 Å². The Balaban J connectivity index is 1.38. The summed E-state index contributed by atoms with van der Waals surface area (Å²) in [7, 11) is 3.51. The molecule has 0 radical (unpaired) electrons. The summed E-state index contributed by atoms with van der Waals surface area (Å²) >= 11 is 0. The predicted octanol–water partition coefficient (Wildman–Crippen LogP) is 2.15. The number of likely N-dealkylation sites (N-methyl/N-ethyl adjacent to an activating group) is 1. The summed E-state index contributed by atoms with van der Waals surface area (Å²) < 4.78 is 7.09. The second-order valence-corrected chi connectivity index (χ2v) is 8.40. The fourth-order valence-electron chi connectivity index (χ4n) is 3.90. The molecule has 4 aromatic heterocycles. The average molecular weight is 460 g/mol. The Hall–Kier alpha value is -4.12. The quantitative estimate of drug-likeness (QED) is 0.444. The van der Waals surface area contributed by atoms with E-state index in [-0.39, 0.29) is 18.2 Å². The standard InChI is InChI=1S/C23H24N8O3/c1-14(15-12-25-31(3)13-15)26-22-24-9-7-18(28-22)16-5-4-6-17(27-16)19-11-20(34-29-19)23(33)8-10-30(2)21(23)32/h4-7,9,11-14,33H,8,10H2,1-3H3,(H,24,26,28)/t14-,23-/m1/s1. The number of rotatable bonds is 6. The van der Waals surface area contributed by atoms with Crippen LogP contribution in [-0.2, 0) is 17.4 Å². The topological polar surface area (TPSA) is 135 Å². The van der Waals surface area contributed by atoms with Crippen molar-refractivity contribution in [1.82, 2.24) is 34.8 Å². The average Bonchev–Trinajstić information content (AvgIpc) is 3.57. The van der Waals surface area contributed by atoms with Gasteiger partial charge in [0.15, 0.2) is 5.76 Å². The summed E-state index contributed by atoms with van der Waals surface area (Å²) in [6.07, 6.45) is 5.65. The van der Waals surface area contributed by atoms with Gasteiger partial charge in [0.25, 0.3) is 5.91 Å². The minimum atomic E-state index is -1.70. The molecule has 0 aliphatic carbocycles. The molecule has 5 heterocycles. The highest BCUT2D eigenvalue weighted by Gasteiger charge is 2.48. The van der Waals surface area contributed by atoms with Crippen molar-refractivity contribution >= 4 is 11.9 Å². The highest BCUT2D eigenvalue weighted by Crippen LogP contribution is 2.34. The lowest BCUT2D eigenvalue weighted by Gasteiger charge is -2.16. The van der Waals surface area contributed by atoms with Gasteiger partial charge in [-0.05, 0) is 25.1 Å². The lowest BCUT2D eigenvalue weighted by Crippen LogP contribution is -2.35. The van der Waals surface area contributed by atoms with Crippen LogP contribution in [0.4, 0.5) is 5.95 Å². The van der Waals surface area contributed by atoms with Crippen LogP contribution in [0.3, 0.4) is 0 Å². The number of hydrogen-bond acceptors (Lipinski definition) is 9. The lowest BCUT2D eigenvalue weighted by atomic mass is 9.98. The molecule has 4 aromatic rings. The monoisotopic (exact) mass is 460 g/mol. The molecule has 11 nitrogen and oxygen atoms in total. The molecule has 174 valence electrons. The lowest BCUT2D eigenvalue weighted by molar-refractivity contribution is -0.144. The number of carbonyl (C=O) groups excluding carboxylic acids is 1. The fraction of sp³-hybridized carbons (Fsp3) is 0.304. The molecule has 1 saturated heterocycles. The zero-order valence-corrected chi connectivity index (χ0v) is 19.0. The van der Waals surface area contributed by atoms with Crippen LogP contribution in [0.15, 0.2) is 53.4 Å². The molecule has 0 aromatic carbocycles. The van der Waals surface area contributed by atoms with Crippen molar-refractivity contribution in [2.24, 2.45) is 7.05 Å². The minimum Gasteiger partial charge on any atom is -0.373 e. The van der Waals surface area contributed by atoms with Crippen LogP contribution in [0, 0.1) is 0 Å². The van der Waals surface area contributed by atoms with Crippen molar-refractivity contribution < 1.29 is 14.4 Å². The van der Waals surface area contributed by atoms with E-state index in [0.717, 1.165) is 5.56 Å². The van der Waals surface area contributed by atoms with Crippen molar-refractivity contribution in [3.8, 4) is 22.8 Å². The zero-order valence-electron chi connectivity index (χ0n) is 19.0. The second-order valence-electron chi connectivity index (χ2n) is 8.40. The number of carbonyl (C=O) groups is 1. The Kier molecular flexibility index (Phi) is 5.33. The maximum atomic E-state index is 12.4. The summed E-state index contributed by atoms with van der Waals surface area (Å²) in [4.78, 5) is 27.4. The molecular formula is C23H24N8O3. The van der Waals surface area contributed by atoms with Gasteiger partial charge in [0.05, 0.1) is 29.3 Å². The van der Waals surface area contributed by atoms with E-state index < -0.39 is 11.5 Å². The molecule has 0 saturated carbocycles. The number of likely N-dealkylation sites (tertiary alicyclic amines) is 1. The van der Waals surface area contributed by atoms with Crippen LogP contribution in [0.5, 0.6) is 0 Å². The normalized spacial score (nSPS) is 18.9.